The summed E-state index contributed by atoms with van der Waals surface area (Å²) in [6, 6.07) is 2.79. The van der Waals surface area contributed by atoms with Crippen molar-refractivity contribution in [2.24, 2.45) is 0 Å². The first-order valence-electron chi connectivity index (χ1n) is 5.55. The monoisotopic (exact) mass is 320 g/mol. The van der Waals surface area contributed by atoms with Gasteiger partial charge in [0.15, 0.2) is 0 Å². The number of nitrogens with one attached hydrogen (secondary N) is 1. The molecule has 0 heterocycles. The lowest BCUT2D eigenvalue weighted by Crippen LogP contribution is -2.34. The lowest BCUT2D eigenvalue weighted by atomic mass is 10.0. The van der Waals surface area contributed by atoms with Gasteiger partial charge in [0.25, 0.3) is 0 Å². The van der Waals surface area contributed by atoms with Crippen LogP contribution >= 0.6 is 15.9 Å². The predicted molar refractivity (Wildman–Crippen MR) is 74.1 cm³/mol. The molecule has 0 amide bonds. The summed E-state index contributed by atoms with van der Waals surface area (Å²) in [6.45, 7) is 2.48. The van der Waals surface area contributed by atoms with Crippen molar-refractivity contribution in [2.45, 2.75) is 18.9 Å². The van der Waals surface area contributed by atoms with Crippen LogP contribution in [0.1, 0.15) is 13.3 Å². The Morgan fingerprint density at radius 3 is 2.83 bits per heavy atom. The minimum Gasteiger partial charge on any atom is -0.397 e. The van der Waals surface area contributed by atoms with Crippen molar-refractivity contribution in [2.75, 3.05) is 31.3 Å². The van der Waals surface area contributed by atoms with Gasteiger partial charge in [-0.2, -0.15) is 0 Å². The highest BCUT2D eigenvalue weighted by Gasteiger charge is 2.20. The minimum atomic E-state index is -0.913. The maximum Gasteiger partial charge on any atom is 0.139 e. The van der Waals surface area contributed by atoms with Gasteiger partial charge in [0.2, 0.25) is 0 Å². The summed E-state index contributed by atoms with van der Waals surface area (Å²) in [6.07, 6.45) is 0.499. The number of nitrogens with two attached hydrogens (primary N) is 1. The first kappa shape index (κ1) is 15.2. The third-order valence-corrected chi connectivity index (χ3v) is 3.20. The second kappa shape index (κ2) is 6.36. The zero-order valence-corrected chi connectivity index (χ0v) is 12.1. The molecule has 1 aromatic rings. The number of benzene rings is 1. The van der Waals surface area contributed by atoms with Crippen LogP contribution in [0, 0.1) is 5.82 Å². The quantitative estimate of drug-likeness (QED) is 0.704. The van der Waals surface area contributed by atoms with Crippen LogP contribution < -0.4 is 11.1 Å². The Kier molecular flexibility index (Phi) is 5.37. The number of aliphatic hydroxyl groups is 1. The SMILES string of the molecule is COCCC(C)(O)CNc1cc(Br)c(F)cc1N. The number of nitrogen functional groups attached to an aromatic ring is 1. The summed E-state index contributed by atoms with van der Waals surface area (Å²) in [5.41, 5.74) is 5.66. The van der Waals surface area contributed by atoms with Crippen molar-refractivity contribution >= 4 is 27.3 Å². The van der Waals surface area contributed by atoms with E-state index in [0.29, 0.717) is 35.4 Å². The molecule has 0 radical (unpaired) electrons. The van der Waals surface area contributed by atoms with E-state index in [9.17, 15) is 9.50 Å². The lowest BCUT2D eigenvalue weighted by Gasteiger charge is -2.24. The van der Waals surface area contributed by atoms with Crippen molar-refractivity contribution < 1.29 is 14.2 Å². The molecule has 1 aromatic carbocycles. The summed E-state index contributed by atoms with van der Waals surface area (Å²) in [4.78, 5) is 0. The van der Waals surface area contributed by atoms with Crippen LogP contribution in [-0.4, -0.2) is 31.0 Å². The summed E-state index contributed by atoms with van der Waals surface area (Å²) < 4.78 is 18.4. The van der Waals surface area contributed by atoms with E-state index in [0.717, 1.165) is 0 Å². The van der Waals surface area contributed by atoms with Crippen LogP contribution in [0.2, 0.25) is 0 Å². The highest BCUT2D eigenvalue weighted by molar-refractivity contribution is 9.10. The summed E-state index contributed by atoms with van der Waals surface area (Å²) in [7, 11) is 1.58. The van der Waals surface area contributed by atoms with Gasteiger partial charge in [-0.05, 0) is 28.9 Å². The van der Waals surface area contributed by atoms with Crippen LogP contribution in [-0.2, 0) is 4.74 Å². The van der Waals surface area contributed by atoms with E-state index < -0.39 is 11.4 Å². The molecule has 102 valence electrons. The smallest absolute Gasteiger partial charge is 0.139 e. The molecule has 0 aliphatic carbocycles. The Hall–Kier alpha value is -0.850. The largest absolute Gasteiger partial charge is 0.397 e. The van der Waals surface area contributed by atoms with Crippen LogP contribution in [0.3, 0.4) is 0 Å². The van der Waals surface area contributed by atoms with E-state index in [1.807, 2.05) is 0 Å². The summed E-state index contributed by atoms with van der Waals surface area (Å²) in [5, 5.41) is 13.1. The van der Waals surface area contributed by atoms with Gasteiger partial charge < -0.3 is 20.9 Å². The minimum absolute atomic E-state index is 0.304. The number of hydrogen-bond donors (Lipinski definition) is 3. The number of ether oxygens (including phenoxy) is 1. The van der Waals surface area contributed by atoms with Gasteiger partial charge in [-0.25, -0.2) is 4.39 Å². The van der Waals surface area contributed by atoms with Gasteiger partial charge >= 0.3 is 0 Å². The topological polar surface area (TPSA) is 67.5 Å². The van der Waals surface area contributed by atoms with Gasteiger partial charge in [0, 0.05) is 32.7 Å². The third kappa shape index (κ3) is 4.44. The van der Waals surface area contributed by atoms with Crippen LogP contribution in [0.25, 0.3) is 0 Å². The van der Waals surface area contributed by atoms with E-state index in [-0.39, 0.29) is 0 Å². The van der Waals surface area contributed by atoms with Gasteiger partial charge in [-0.1, -0.05) is 0 Å². The molecule has 0 fully saturated rings. The Morgan fingerprint density at radius 1 is 1.56 bits per heavy atom. The second-order valence-electron chi connectivity index (χ2n) is 4.45. The molecule has 18 heavy (non-hydrogen) atoms. The molecule has 1 atom stereocenters. The molecule has 0 spiro atoms. The van der Waals surface area contributed by atoms with Gasteiger partial charge in [-0.15, -0.1) is 0 Å². The fourth-order valence-electron chi connectivity index (χ4n) is 1.41. The molecular formula is C12H18BrFN2O2. The van der Waals surface area contributed by atoms with E-state index in [4.69, 9.17) is 10.5 Å². The molecule has 4 N–H and O–H groups in total. The lowest BCUT2D eigenvalue weighted by molar-refractivity contribution is 0.0358. The zero-order valence-electron chi connectivity index (χ0n) is 10.5. The molecule has 0 aliphatic rings. The number of anilines is 2. The van der Waals surface area contributed by atoms with Crippen LogP contribution in [0.4, 0.5) is 15.8 Å². The summed E-state index contributed by atoms with van der Waals surface area (Å²) in [5.74, 6) is -0.413. The average molecular weight is 321 g/mol. The van der Waals surface area contributed by atoms with Gasteiger partial charge in [0.1, 0.15) is 5.82 Å². The Bertz CT molecular complexity index is 413. The molecule has 0 saturated heterocycles. The Balaban J connectivity index is 2.66. The van der Waals surface area contributed by atoms with Crippen LogP contribution in [0.15, 0.2) is 16.6 Å². The molecule has 0 saturated carbocycles. The molecule has 0 aromatic heterocycles. The summed E-state index contributed by atoms with van der Waals surface area (Å²) >= 11 is 3.09. The standard InChI is InChI=1S/C12H18BrFN2O2/c1-12(17,3-4-18-2)7-16-11-5-8(13)9(14)6-10(11)15/h5-6,16-17H,3-4,7,15H2,1-2H3. The molecular weight excluding hydrogens is 303 g/mol. The number of rotatable bonds is 6. The average Bonchev–Trinajstić information content (AvgIpc) is 2.30. The number of halogens is 2. The highest BCUT2D eigenvalue weighted by atomic mass is 79.9. The molecule has 1 rings (SSSR count). The first-order chi connectivity index (χ1) is 8.35. The van der Waals surface area contributed by atoms with E-state index >= 15 is 0 Å². The van der Waals surface area contributed by atoms with Gasteiger partial charge in [-0.3, -0.25) is 0 Å². The second-order valence-corrected chi connectivity index (χ2v) is 5.30. The molecule has 6 heteroatoms. The normalized spacial score (nSPS) is 14.3. The molecule has 0 bridgehead atoms. The Labute approximate surface area is 114 Å². The number of hydrogen-bond acceptors (Lipinski definition) is 4. The van der Waals surface area contributed by atoms with Crippen molar-refractivity contribution in [1.29, 1.82) is 0 Å². The van der Waals surface area contributed by atoms with E-state index in [1.165, 1.54) is 6.07 Å². The van der Waals surface area contributed by atoms with Crippen molar-refractivity contribution in [1.82, 2.24) is 0 Å². The van der Waals surface area contributed by atoms with Crippen molar-refractivity contribution in [3.8, 4) is 0 Å². The maximum atomic E-state index is 13.2. The predicted octanol–water partition coefficient (Wildman–Crippen LogP) is 2.37. The fourth-order valence-corrected chi connectivity index (χ4v) is 1.75. The number of methoxy groups -OCH3 is 1. The zero-order chi connectivity index (χ0) is 13.8. The fraction of sp³-hybridized carbons (Fsp3) is 0.500. The van der Waals surface area contributed by atoms with Crippen LogP contribution in [0.5, 0.6) is 0 Å². The molecule has 0 aliphatic heterocycles. The van der Waals surface area contributed by atoms with E-state index in [2.05, 4.69) is 21.2 Å². The third-order valence-electron chi connectivity index (χ3n) is 2.60. The van der Waals surface area contributed by atoms with Gasteiger partial charge in [0.05, 0.1) is 21.4 Å². The molecule has 4 nitrogen and oxygen atoms in total. The Morgan fingerprint density at radius 2 is 2.22 bits per heavy atom. The maximum absolute atomic E-state index is 13.2. The highest BCUT2D eigenvalue weighted by Crippen LogP contribution is 2.27. The van der Waals surface area contributed by atoms with Crippen molar-refractivity contribution in [3.05, 3.63) is 22.4 Å². The van der Waals surface area contributed by atoms with E-state index in [1.54, 1.807) is 20.1 Å². The molecule has 1 unspecified atom stereocenters. The van der Waals surface area contributed by atoms with Crippen molar-refractivity contribution in [3.63, 3.8) is 0 Å². The first-order valence-corrected chi connectivity index (χ1v) is 6.35.